The van der Waals surface area contributed by atoms with Crippen LogP contribution in [0.25, 0.3) is 0 Å². The van der Waals surface area contributed by atoms with Gasteiger partial charge in [0.15, 0.2) is 0 Å². The molecule has 0 bridgehead atoms. The summed E-state index contributed by atoms with van der Waals surface area (Å²) in [5.74, 6) is 0.247. The Kier molecular flexibility index (Phi) is 3.60. The lowest BCUT2D eigenvalue weighted by atomic mass is 10.2. The van der Waals surface area contributed by atoms with Crippen molar-refractivity contribution in [3.8, 4) is 0 Å². The summed E-state index contributed by atoms with van der Waals surface area (Å²) in [5.41, 5.74) is 1.08. The van der Waals surface area contributed by atoms with E-state index >= 15 is 0 Å². The molecular formula is C15H17FN4O. The van der Waals surface area contributed by atoms with Crippen LogP contribution in [0, 0.1) is 5.82 Å². The second kappa shape index (κ2) is 5.55. The molecule has 0 unspecified atom stereocenters. The maximum absolute atomic E-state index is 13.0. The van der Waals surface area contributed by atoms with Crippen LogP contribution in [-0.4, -0.2) is 28.5 Å². The van der Waals surface area contributed by atoms with Crippen LogP contribution in [0.5, 0.6) is 0 Å². The molecule has 1 aromatic heterocycles. The summed E-state index contributed by atoms with van der Waals surface area (Å²) in [6.07, 6.45) is 2.79. The van der Waals surface area contributed by atoms with E-state index in [9.17, 15) is 9.18 Å². The summed E-state index contributed by atoms with van der Waals surface area (Å²) >= 11 is 0. The number of nitrogens with one attached hydrogen (secondary N) is 1. The number of hydrogen-bond acceptors (Lipinski definition) is 3. The van der Waals surface area contributed by atoms with Crippen molar-refractivity contribution in [1.82, 2.24) is 9.55 Å². The third-order valence-corrected chi connectivity index (χ3v) is 3.55. The number of rotatable bonds is 3. The lowest BCUT2D eigenvalue weighted by molar-refractivity contribution is 0.0984. The van der Waals surface area contributed by atoms with Crippen LogP contribution >= 0.6 is 0 Å². The SMILES string of the molecule is CCN(C(=O)c1cn2c(n1)NCCC2)c1ccc(F)cc1. The number of carbonyl (C=O) groups is 1. The summed E-state index contributed by atoms with van der Waals surface area (Å²) in [4.78, 5) is 18.5. The number of carbonyl (C=O) groups excluding carboxylic acids is 1. The minimum Gasteiger partial charge on any atom is -0.356 e. The van der Waals surface area contributed by atoms with Gasteiger partial charge in [-0.25, -0.2) is 9.37 Å². The first-order chi connectivity index (χ1) is 10.2. The number of anilines is 2. The standard InChI is InChI=1S/C15H17FN4O/c1-2-20(12-6-4-11(16)5-7-12)14(21)13-10-19-9-3-8-17-15(19)18-13/h4-7,10H,2-3,8-9H2,1H3,(H,17,18). The van der Waals surface area contributed by atoms with Gasteiger partial charge in [-0.15, -0.1) is 0 Å². The van der Waals surface area contributed by atoms with Crippen LogP contribution in [0.2, 0.25) is 0 Å². The molecule has 0 fully saturated rings. The molecule has 1 amide bonds. The van der Waals surface area contributed by atoms with Gasteiger partial charge in [0.05, 0.1) is 0 Å². The number of fused-ring (bicyclic) bond motifs is 1. The van der Waals surface area contributed by atoms with Gasteiger partial charge in [0.25, 0.3) is 5.91 Å². The third kappa shape index (κ3) is 2.61. The van der Waals surface area contributed by atoms with Crippen LogP contribution in [0.4, 0.5) is 16.0 Å². The Balaban J connectivity index is 1.88. The van der Waals surface area contributed by atoms with Crippen molar-refractivity contribution in [3.05, 3.63) is 42.0 Å². The highest BCUT2D eigenvalue weighted by Gasteiger charge is 2.21. The van der Waals surface area contributed by atoms with Crippen molar-refractivity contribution in [3.63, 3.8) is 0 Å². The van der Waals surface area contributed by atoms with E-state index in [0.717, 1.165) is 25.5 Å². The number of aromatic nitrogens is 2. The minimum atomic E-state index is -0.316. The molecule has 0 aliphatic carbocycles. The Morgan fingerprint density at radius 1 is 1.43 bits per heavy atom. The number of halogens is 1. The molecule has 3 rings (SSSR count). The first-order valence-corrected chi connectivity index (χ1v) is 7.07. The van der Waals surface area contributed by atoms with Crippen molar-refractivity contribution in [2.45, 2.75) is 19.9 Å². The fraction of sp³-hybridized carbons (Fsp3) is 0.333. The van der Waals surface area contributed by atoms with Gasteiger partial charge in [-0.05, 0) is 37.6 Å². The molecular weight excluding hydrogens is 271 g/mol. The van der Waals surface area contributed by atoms with E-state index in [1.165, 1.54) is 12.1 Å². The van der Waals surface area contributed by atoms with Crippen LogP contribution in [-0.2, 0) is 6.54 Å². The minimum absolute atomic E-state index is 0.173. The zero-order chi connectivity index (χ0) is 14.8. The molecule has 0 radical (unpaired) electrons. The van der Waals surface area contributed by atoms with Crippen molar-refractivity contribution in [1.29, 1.82) is 0 Å². The maximum atomic E-state index is 13.0. The first-order valence-electron chi connectivity index (χ1n) is 7.07. The molecule has 1 aliphatic heterocycles. The van der Waals surface area contributed by atoms with Crippen LogP contribution in [0.3, 0.4) is 0 Å². The topological polar surface area (TPSA) is 50.2 Å². The largest absolute Gasteiger partial charge is 0.356 e. The zero-order valence-electron chi connectivity index (χ0n) is 11.8. The highest BCUT2D eigenvalue weighted by Crippen LogP contribution is 2.20. The Labute approximate surface area is 122 Å². The van der Waals surface area contributed by atoms with E-state index < -0.39 is 0 Å². The summed E-state index contributed by atoms with van der Waals surface area (Å²) in [6, 6.07) is 5.91. The quantitative estimate of drug-likeness (QED) is 0.944. The van der Waals surface area contributed by atoms with Crippen LogP contribution in [0.1, 0.15) is 23.8 Å². The second-order valence-electron chi connectivity index (χ2n) is 4.95. The van der Waals surface area contributed by atoms with Gasteiger partial charge in [-0.2, -0.15) is 0 Å². The molecule has 0 saturated carbocycles. The molecule has 6 heteroatoms. The maximum Gasteiger partial charge on any atom is 0.278 e. The highest BCUT2D eigenvalue weighted by atomic mass is 19.1. The number of hydrogen-bond donors (Lipinski definition) is 1. The molecule has 5 nitrogen and oxygen atoms in total. The summed E-state index contributed by atoms with van der Waals surface area (Å²) in [7, 11) is 0. The fourth-order valence-corrected chi connectivity index (χ4v) is 2.48. The molecule has 1 N–H and O–H groups in total. The van der Waals surface area contributed by atoms with Gasteiger partial charge in [0.1, 0.15) is 11.5 Å². The third-order valence-electron chi connectivity index (χ3n) is 3.55. The molecule has 1 aromatic carbocycles. The van der Waals surface area contributed by atoms with E-state index in [4.69, 9.17) is 0 Å². The van der Waals surface area contributed by atoms with E-state index in [1.54, 1.807) is 23.2 Å². The predicted octanol–water partition coefficient (Wildman–Crippen LogP) is 2.50. The van der Waals surface area contributed by atoms with Gasteiger partial charge in [0.2, 0.25) is 5.95 Å². The Morgan fingerprint density at radius 2 is 2.19 bits per heavy atom. The number of nitrogens with zero attached hydrogens (tertiary/aromatic N) is 3. The Morgan fingerprint density at radius 3 is 2.86 bits per heavy atom. The van der Waals surface area contributed by atoms with Crippen LogP contribution in [0.15, 0.2) is 30.5 Å². The molecule has 2 aromatic rings. The molecule has 2 heterocycles. The van der Waals surface area contributed by atoms with E-state index in [2.05, 4.69) is 10.3 Å². The van der Waals surface area contributed by atoms with E-state index in [0.29, 0.717) is 17.9 Å². The number of imidazole rings is 1. The summed E-state index contributed by atoms with van der Waals surface area (Å²) < 4.78 is 15.0. The van der Waals surface area contributed by atoms with Crippen molar-refractivity contribution in [2.75, 3.05) is 23.3 Å². The normalized spacial score (nSPS) is 13.4. The van der Waals surface area contributed by atoms with Crippen molar-refractivity contribution in [2.24, 2.45) is 0 Å². The van der Waals surface area contributed by atoms with Crippen LogP contribution < -0.4 is 10.2 Å². The van der Waals surface area contributed by atoms with E-state index in [-0.39, 0.29) is 11.7 Å². The fourth-order valence-electron chi connectivity index (χ4n) is 2.48. The molecule has 0 spiro atoms. The van der Waals surface area contributed by atoms with E-state index in [1.807, 2.05) is 11.5 Å². The molecule has 21 heavy (non-hydrogen) atoms. The first kappa shape index (κ1) is 13.6. The van der Waals surface area contributed by atoms with Gasteiger partial charge in [-0.1, -0.05) is 0 Å². The van der Waals surface area contributed by atoms with Gasteiger partial charge >= 0.3 is 0 Å². The predicted molar refractivity (Wildman–Crippen MR) is 79.1 cm³/mol. The van der Waals surface area contributed by atoms with Crippen molar-refractivity contribution < 1.29 is 9.18 Å². The lowest BCUT2D eigenvalue weighted by Crippen LogP contribution is -2.30. The molecule has 110 valence electrons. The zero-order valence-corrected chi connectivity index (χ0v) is 11.8. The van der Waals surface area contributed by atoms with Gasteiger partial charge in [-0.3, -0.25) is 4.79 Å². The molecule has 0 atom stereocenters. The average Bonchev–Trinajstić information content (AvgIpc) is 2.93. The Hall–Kier alpha value is -2.37. The van der Waals surface area contributed by atoms with Gasteiger partial charge < -0.3 is 14.8 Å². The summed E-state index contributed by atoms with van der Waals surface area (Å²) in [6.45, 7) is 4.13. The second-order valence-corrected chi connectivity index (χ2v) is 4.95. The number of aryl methyl sites for hydroxylation is 1. The number of benzene rings is 1. The molecule has 1 aliphatic rings. The highest BCUT2D eigenvalue weighted by molar-refractivity contribution is 6.04. The molecule has 0 saturated heterocycles. The monoisotopic (exact) mass is 288 g/mol. The Bertz CT molecular complexity index is 627. The smallest absolute Gasteiger partial charge is 0.278 e. The van der Waals surface area contributed by atoms with Gasteiger partial charge in [0, 0.05) is 31.5 Å². The summed E-state index contributed by atoms with van der Waals surface area (Å²) in [5, 5.41) is 3.17. The van der Waals surface area contributed by atoms with Crippen molar-refractivity contribution >= 4 is 17.5 Å². The average molecular weight is 288 g/mol. The lowest BCUT2D eigenvalue weighted by Gasteiger charge is -2.19. The number of amides is 1.